The molecule has 0 radical (unpaired) electrons. The summed E-state index contributed by atoms with van der Waals surface area (Å²) in [7, 11) is 3.83. The standard InChI is InChI=1S/C15H23NO4/c1-12(10-17-3)16(2)7-4-8-18-13-5-6-14-15(9-13)20-11-19-14/h5-6,9,12H,4,7-8,10-11H2,1-3H3. The summed E-state index contributed by atoms with van der Waals surface area (Å²) in [6.45, 7) is 4.86. The lowest BCUT2D eigenvalue weighted by Crippen LogP contribution is -2.34. The first kappa shape index (κ1) is 14.9. The topological polar surface area (TPSA) is 40.2 Å². The number of rotatable bonds is 8. The Balaban J connectivity index is 1.68. The van der Waals surface area contributed by atoms with E-state index >= 15 is 0 Å². The highest BCUT2D eigenvalue weighted by Crippen LogP contribution is 2.35. The third-order valence-corrected chi connectivity index (χ3v) is 3.43. The molecule has 0 aliphatic carbocycles. The van der Waals surface area contributed by atoms with Gasteiger partial charge in [0.25, 0.3) is 0 Å². The highest BCUT2D eigenvalue weighted by atomic mass is 16.7. The Kier molecular flexibility index (Phi) is 5.49. The lowest BCUT2D eigenvalue weighted by atomic mass is 10.3. The number of nitrogens with zero attached hydrogens (tertiary/aromatic N) is 1. The molecule has 0 N–H and O–H groups in total. The van der Waals surface area contributed by atoms with Crippen LogP contribution in [0.1, 0.15) is 13.3 Å². The Hall–Kier alpha value is -1.46. The van der Waals surface area contributed by atoms with E-state index in [-0.39, 0.29) is 0 Å². The van der Waals surface area contributed by atoms with Crippen molar-refractivity contribution in [3.8, 4) is 17.2 Å². The molecule has 5 heteroatoms. The molecular formula is C15H23NO4. The van der Waals surface area contributed by atoms with Crippen molar-refractivity contribution in [3.05, 3.63) is 18.2 Å². The molecule has 0 saturated carbocycles. The first-order valence-electron chi connectivity index (χ1n) is 6.92. The predicted molar refractivity (Wildman–Crippen MR) is 76.6 cm³/mol. The zero-order valence-electron chi connectivity index (χ0n) is 12.4. The Morgan fingerprint density at radius 2 is 2.10 bits per heavy atom. The van der Waals surface area contributed by atoms with Crippen molar-refractivity contribution in [3.63, 3.8) is 0 Å². The van der Waals surface area contributed by atoms with E-state index in [1.807, 2.05) is 18.2 Å². The summed E-state index contributed by atoms with van der Waals surface area (Å²) in [6.07, 6.45) is 0.971. The fourth-order valence-corrected chi connectivity index (χ4v) is 2.06. The Bertz CT molecular complexity index is 424. The smallest absolute Gasteiger partial charge is 0.231 e. The van der Waals surface area contributed by atoms with Crippen LogP contribution in [0.4, 0.5) is 0 Å². The summed E-state index contributed by atoms with van der Waals surface area (Å²) in [4.78, 5) is 2.27. The number of ether oxygens (including phenoxy) is 4. The molecule has 1 aliphatic heterocycles. The van der Waals surface area contributed by atoms with Gasteiger partial charge in [0.1, 0.15) is 5.75 Å². The highest BCUT2D eigenvalue weighted by Gasteiger charge is 2.13. The second-order valence-corrected chi connectivity index (χ2v) is 5.00. The van der Waals surface area contributed by atoms with E-state index in [1.165, 1.54) is 0 Å². The molecule has 2 rings (SSSR count). The van der Waals surface area contributed by atoms with Crippen molar-refractivity contribution in [2.24, 2.45) is 0 Å². The van der Waals surface area contributed by atoms with Gasteiger partial charge >= 0.3 is 0 Å². The third-order valence-electron chi connectivity index (χ3n) is 3.43. The van der Waals surface area contributed by atoms with Crippen molar-refractivity contribution in [1.29, 1.82) is 0 Å². The number of methoxy groups -OCH3 is 1. The molecule has 1 aromatic rings. The van der Waals surface area contributed by atoms with Crippen LogP contribution >= 0.6 is 0 Å². The van der Waals surface area contributed by atoms with E-state index in [2.05, 4.69) is 18.9 Å². The van der Waals surface area contributed by atoms with Gasteiger partial charge in [0.15, 0.2) is 11.5 Å². The fourth-order valence-electron chi connectivity index (χ4n) is 2.06. The summed E-state index contributed by atoms with van der Waals surface area (Å²) in [6, 6.07) is 6.08. The van der Waals surface area contributed by atoms with E-state index in [1.54, 1.807) is 7.11 Å². The molecule has 0 aromatic heterocycles. The first-order valence-corrected chi connectivity index (χ1v) is 6.92. The summed E-state index contributed by atoms with van der Waals surface area (Å²) in [5, 5.41) is 0. The van der Waals surface area contributed by atoms with Gasteiger partial charge in [-0.1, -0.05) is 0 Å². The number of fused-ring (bicyclic) bond motifs is 1. The minimum Gasteiger partial charge on any atom is -0.493 e. The van der Waals surface area contributed by atoms with Crippen molar-refractivity contribution >= 4 is 0 Å². The van der Waals surface area contributed by atoms with Gasteiger partial charge in [0.2, 0.25) is 6.79 Å². The van der Waals surface area contributed by atoms with E-state index in [4.69, 9.17) is 18.9 Å². The van der Waals surface area contributed by atoms with Crippen LogP contribution in [0.3, 0.4) is 0 Å². The van der Waals surface area contributed by atoms with Gasteiger partial charge < -0.3 is 23.8 Å². The maximum Gasteiger partial charge on any atom is 0.231 e. The molecule has 0 spiro atoms. The van der Waals surface area contributed by atoms with Crippen LogP contribution < -0.4 is 14.2 Å². The summed E-state index contributed by atoms with van der Waals surface area (Å²) in [5.74, 6) is 2.36. The minimum absolute atomic E-state index is 0.293. The second-order valence-electron chi connectivity index (χ2n) is 5.00. The fraction of sp³-hybridized carbons (Fsp3) is 0.600. The van der Waals surface area contributed by atoms with Crippen LogP contribution in [0.2, 0.25) is 0 Å². The van der Waals surface area contributed by atoms with Gasteiger partial charge in [-0.05, 0) is 32.5 Å². The number of hydrogen-bond acceptors (Lipinski definition) is 5. The van der Waals surface area contributed by atoms with Crippen LogP contribution in [-0.4, -0.2) is 51.7 Å². The van der Waals surface area contributed by atoms with Gasteiger partial charge in [0.05, 0.1) is 13.2 Å². The number of hydrogen-bond donors (Lipinski definition) is 0. The molecule has 5 nitrogen and oxygen atoms in total. The van der Waals surface area contributed by atoms with Crippen LogP contribution in [0.5, 0.6) is 17.2 Å². The highest BCUT2D eigenvalue weighted by molar-refractivity contribution is 5.46. The Morgan fingerprint density at radius 1 is 1.30 bits per heavy atom. The average Bonchev–Trinajstić information content (AvgIpc) is 2.91. The first-order chi connectivity index (χ1) is 9.70. The van der Waals surface area contributed by atoms with Crippen LogP contribution in [0.25, 0.3) is 0 Å². The van der Waals surface area contributed by atoms with Gasteiger partial charge in [-0.15, -0.1) is 0 Å². The van der Waals surface area contributed by atoms with E-state index < -0.39 is 0 Å². The zero-order valence-corrected chi connectivity index (χ0v) is 12.4. The lowest BCUT2D eigenvalue weighted by Gasteiger charge is -2.23. The van der Waals surface area contributed by atoms with E-state index in [9.17, 15) is 0 Å². The monoisotopic (exact) mass is 281 g/mol. The molecule has 20 heavy (non-hydrogen) atoms. The van der Waals surface area contributed by atoms with Crippen LogP contribution in [-0.2, 0) is 4.74 Å². The van der Waals surface area contributed by atoms with E-state index in [0.717, 1.165) is 36.8 Å². The molecule has 0 amide bonds. The Labute approximate surface area is 120 Å². The molecule has 1 aliphatic rings. The van der Waals surface area contributed by atoms with Crippen molar-refractivity contribution in [2.45, 2.75) is 19.4 Å². The normalized spacial score (nSPS) is 14.6. The zero-order chi connectivity index (χ0) is 14.4. The minimum atomic E-state index is 0.293. The predicted octanol–water partition coefficient (Wildman–Crippen LogP) is 2.15. The molecule has 0 saturated heterocycles. The molecule has 1 aromatic carbocycles. The largest absolute Gasteiger partial charge is 0.493 e. The molecule has 1 unspecified atom stereocenters. The summed E-state index contributed by atoms with van der Waals surface area (Å²) in [5.41, 5.74) is 0. The molecule has 0 fully saturated rings. The van der Waals surface area contributed by atoms with Crippen LogP contribution in [0, 0.1) is 0 Å². The third kappa shape index (κ3) is 4.02. The second kappa shape index (κ2) is 7.36. The van der Waals surface area contributed by atoms with Crippen molar-refractivity contribution in [2.75, 3.05) is 40.7 Å². The lowest BCUT2D eigenvalue weighted by molar-refractivity contribution is 0.112. The van der Waals surface area contributed by atoms with Crippen LogP contribution in [0.15, 0.2) is 18.2 Å². The van der Waals surface area contributed by atoms with E-state index in [0.29, 0.717) is 19.4 Å². The van der Waals surface area contributed by atoms with Gasteiger partial charge in [-0.3, -0.25) is 0 Å². The van der Waals surface area contributed by atoms with Crippen molar-refractivity contribution in [1.82, 2.24) is 4.90 Å². The summed E-state index contributed by atoms with van der Waals surface area (Å²) < 4.78 is 21.5. The molecule has 112 valence electrons. The molecular weight excluding hydrogens is 258 g/mol. The average molecular weight is 281 g/mol. The molecule has 1 atom stereocenters. The SMILES string of the molecule is COCC(C)N(C)CCCOc1ccc2c(c1)OCO2. The number of benzene rings is 1. The quantitative estimate of drug-likeness (QED) is 0.683. The van der Waals surface area contributed by atoms with Gasteiger partial charge in [-0.2, -0.15) is 0 Å². The van der Waals surface area contributed by atoms with Crippen molar-refractivity contribution < 1.29 is 18.9 Å². The maximum absolute atomic E-state index is 5.73. The van der Waals surface area contributed by atoms with Gasteiger partial charge in [0, 0.05) is 25.8 Å². The number of likely N-dealkylation sites (N-methyl/N-ethyl adjacent to an activating group) is 1. The summed E-state index contributed by atoms with van der Waals surface area (Å²) >= 11 is 0. The molecule has 0 bridgehead atoms. The maximum atomic E-state index is 5.73. The van der Waals surface area contributed by atoms with Gasteiger partial charge in [-0.25, -0.2) is 0 Å². The molecule has 1 heterocycles. The Morgan fingerprint density at radius 3 is 2.90 bits per heavy atom.